The molecular formula is C19H19ClN2O2S. The van der Waals surface area contributed by atoms with Crippen LogP contribution in [0.4, 0.5) is 0 Å². The second kappa shape index (κ2) is 8.41. The molecule has 0 bridgehead atoms. The Morgan fingerprint density at radius 3 is 2.72 bits per heavy atom. The van der Waals surface area contributed by atoms with Crippen molar-refractivity contribution in [2.45, 2.75) is 12.5 Å². The number of thioether (sulfide) groups is 1. The smallest absolute Gasteiger partial charge is 0.255 e. The number of carbonyl (C=O) groups excluding carboxylic acids is 2. The standard InChI is InChI=1S/C19H19ClN2O2S/c20-16-8-4-5-14(11-16)9-10-21-18(23)17-12-25-13-22(17)19(24)15-6-2-1-3-7-15/h1-8,11,17H,9-10,12-13H2,(H,21,23)/t17-/m0/s1. The molecule has 2 aromatic carbocycles. The van der Waals surface area contributed by atoms with E-state index < -0.39 is 6.04 Å². The number of halogens is 1. The van der Waals surface area contributed by atoms with Crippen LogP contribution in [0.2, 0.25) is 5.02 Å². The van der Waals surface area contributed by atoms with E-state index >= 15 is 0 Å². The first kappa shape index (κ1) is 17.8. The number of hydrogen-bond donors (Lipinski definition) is 1. The molecule has 0 aromatic heterocycles. The number of nitrogens with zero attached hydrogens (tertiary/aromatic N) is 1. The second-order valence-corrected chi connectivity index (χ2v) is 7.26. The zero-order valence-corrected chi connectivity index (χ0v) is 15.2. The summed E-state index contributed by atoms with van der Waals surface area (Å²) in [5, 5.41) is 3.63. The van der Waals surface area contributed by atoms with Gasteiger partial charge >= 0.3 is 0 Å². The highest BCUT2D eigenvalue weighted by molar-refractivity contribution is 7.99. The highest BCUT2D eigenvalue weighted by atomic mass is 35.5. The molecule has 1 atom stereocenters. The van der Waals surface area contributed by atoms with E-state index in [1.807, 2.05) is 42.5 Å². The maximum absolute atomic E-state index is 12.6. The molecule has 1 fully saturated rings. The first-order valence-electron chi connectivity index (χ1n) is 8.11. The van der Waals surface area contributed by atoms with Crippen LogP contribution in [-0.2, 0) is 11.2 Å². The lowest BCUT2D eigenvalue weighted by Gasteiger charge is -2.23. The van der Waals surface area contributed by atoms with Crippen LogP contribution in [0, 0.1) is 0 Å². The molecule has 0 unspecified atom stereocenters. The van der Waals surface area contributed by atoms with Crippen LogP contribution in [0.5, 0.6) is 0 Å². The van der Waals surface area contributed by atoms with Gasteiger partial charge in [-0.1, -0.05) is 41.9 Å². The van der Waals surface area contributed by atoms with Gasteiger partial charge in [-0.2, -0.15) is 0 Å². The lowest BCUT2D eigenvalue weighted by molar-refractivity contribution is -0.124. The van der Waals surface area contributed by atoms with E-state index in [2.05, 4.69) is 5.32 Å². The Bertz CT molecular complexity index is 754. The van der Waals surface area contributed by atoms with Crippen molar-refractivity contribution in [2.75, 3.05) is 18.2 Å². The summed E-state index contributed by atoms with van der Waals surface area (Å²) >= 11 is 7.57. The largest absolute Gasteiger partial charge is 0.354 e. The van der Waals surface area contributed by atoms with Gasteiger partial charge in [0.25, 0.3) is 5.91 Å². The quantitative estimate of drug-likeness (QED) is 0.874. The third kappa shape index (κ3) is 4.55. The van der Waals surface area contributed by atoms with E-state index in [9.17, 15) is 9.59 Å². The SMILES string of the molecule is O=C(NCCc1cccc(Cl)c1)[C@@H]1CSCN1C(=O)c1ccccc1. The van der Waals surface area contributed by atoms with Crippen LogP contribution in [-0.4, -0.2) is 40.9 Å². The Hall–Kier alpha value is -1.98. The predicted octanol–water partition coefficient (Wildman–Crippen LogP) is 3.21. The highest BCUT2D eigenvalue weighted by Crippen LogP contribution is 2.23. The fraction of sp³-hybridized carbons (Fsp3) is 0.263. The Balaban J connectivity index is 1.56. The molecule has 0 spiro atoms. The fourth-order valence-corrected chi connectivity index (χ4v) is 4.11. The van der Waals surface area contributed by atoms with Crippen LogP contribution in [0.15, 0.2) is 54.6 Å². The van der Waals surface area contributed by atoms with Crippen LogP contribution in [0.3, 0.4) is 0 Å². The van der Waals surface area contributed by atoms with Crippen molar-refractivity contribution in [1.82, 2.24) is 10.2 Å². The zero-order valence-electron chi connectivity index (χ0n) is 13.7. The van der Waals surface area contributed by atoms with Gasteiger partial charge in [0.15, 0.2) is 0 Å². The van der Waals surface area contributed by atoms with Crippen molar-refractivity contribution in [3.63, 3.8) is 0 Å². The molecule has 0 aliphatic carbocycles. The average Bonchev–Trinajstić information content (AvgIpc) is 3.11. The normalized spacial score (nSPS) is 16.7. The van der Waals surface area contributed by atoms with Crippen molar-refractivity contribution in [1.29, 1.82) is 0 Å². The van der Waals surface area contributed by atoms with Gasteiger partial charge in [0.1, 0.15) is 6.04 Å². The molecule has 130 valence electrons. The maximum atomic E-state index is 12.6. The summed E-state index contributed by atoms with van der Waals surface area (Å²) in [5.74, 6) is 0.971. The molecule has 0 radical (unpaired) electrons. The van der Waals surface area contributed by atoms with E-state index in [1.54, 1.807) is 28.8 Å². The molecule has 0 saturated carbocycles. The summed E-state index contributed by atoms with van der Waals surface area (Å²) in [5.41, 5.74) is 1.69. The molecule has 25 heavy (non-hydrogen) atoms. The topological polar surface area (TPSA) is 49.4 Å². The fourth-order valence-electron chi connectivity index (χ4n) is 2.75. The third-order valence-corrected chi connectivity index (χ3v) is 5.32. The molecule has 2 amide bonds. The predicted molar refractivity (Wildman–Crippen MR) is 102 cm³/mol. The van der Waals surface area contributed by atoms with Crippen LogP contribution < -0.4 is 5.32 Å². The lowest BCUT2D eigenvalue weighted by Crippen LogP contribution is -2.47. The summed E-state index contributed by atoms with van der Waals surface area (Å²) in [4.78, 5) is 26.8. The van der Waals surface area contributed by atoms with E-state index in [0.717, 1.165) is 5.56 Å². The Morgan fingerprint density at radius 1 is 1.16 bits per heavy atom. The number of amides is 2. The van der Waals surface area contributed by atoms with E-state index in [-0.39, 0.29) is 11.8 Å². The molecule has 1 aliphatic heterocycles. The summed E-state index contributed by atoms with van der Waals surface area (Å²) in [6.07, 6.45) is 0.707. The number of rotatable bonds is 5. The molecule has 3 rings (SSSR count). The van der Waals surface area contributed by atoms with E-state index in [1.165, 1.54) is 0 Å². The van der Waals surface area contributed by atoms with Gasteiger partial charge in [-0.25, -0.2) is 0 Å². The van der Waals surface area contributed by atoms with Crippen LogP contribution >= 0.6 is 23.4 Å². The summed E-state index contributed by atoms with van der Waals surface area (Å²) < 4.78 is 0. The molecule has 6 heteroatoms. The first-order chi connectivity index (χ1) is 12.1. The number of hydrogen-bond acceptors (Lipinski definition) is 3. The van der Waals surface area contributed by atoms with Gasteiger partial charge < -0.3 is 10.2 Å². The molecule has 1 saturated heterocycles. The molecule has 2 aromatic rings. The average molecular weight is 375 g/mol. The van der Waals surface area contributed by atoms with Crippen LogP contribution in [0.1, 0.15) is 15.9 Å². The monoisotopic (exact) mass is 374 g/mol. The molecule has 1 N–H and O–H groups in total. The first-order valence-corrected chi connectivity index (χ1v) is 9.64. The van der Waals surface area contributed by atoms with Gasteiger partial charge in [0.2, 0.25) is 5.91 Å². The number of carbonyl (C=O) groups is 2. The Kier molecular flexibility index (Phi) is 6.00. The number of benzene rings is 2. The lowest BCUT2D eigenvalue weighted by atomic mass is 10.1. The van der Waals surface area contributed by atoms with E-state index in [0.29, 0.717) is 35.2 Å². The van der Waals surface area contributed by atoms with Crippen molar-refractivity contribution >= 4 is 35.2 Å². The minimum atomic E-state index is -0.419. The van der Waals surface area contributed by atoms with Gasteiger partial charge in [-0.3, -0.25) is 9.59 Å². The van der Waals surface area contributed by atoms with Gasteiger partial charge in [0, 0.05) is 22.9 Å². The molecule has 1 heterocycles. The minimum absolute atomic E-state index is 0.0967. The molecular weight excluding hydrogens is 356 g/mol. The highest BCUT2D eigenvalue weighted by Gasteiger charge is 2.34. The molecule has 4 nitrogen and oxygen atoms in total. The second-order valence-electron chi connectivity index (χ2n) is 5.83. The van der Waals surface area contributed by atoms with Gasteiger partial charge in [-0.05, 0) is 36.2 Å². The third-order valence-electron chi connectivity index (χ3n) is 4.07. The zero-order chi connectivity index (χ0) is 17.6. The van der Waals surface area contributed by atoms with Crippen LogP contribution in [0.25, 0.3) is 0 Å². The Morgan fingerprint density at radius 2 is 1.96 bits per heavy atom. The number of nitrogens with one attached hydrogen (secondary N) is 1. The van der Waals surface area contributed by atoms with Crippen molar-refractivity contribution in [3.8, 4) is 0 Å². The van der Waals surface area contributed by atoms with Crippen molar-refractivity contribution in [3.05, 3.63) is 70.7 Å². The maximum Gasteiger partial charge on any atom is 0.255 e. The Labute approximate surface area is 156 Å². The summed E-state index contributed by atoms with van der Waals surface area (Å²) in [7, 11) is 0. The minimum Gasteiger partial charge on any atom is -0.354 e. The summed E-state index contributed by atoms with van der Waals surface area (Å²) in [6.45, 7) is 0.522. The summed E-state index contributed by atoms with van der Waals surface area (Å²) in [6, 6.07) is 16.3. The van der Waals surface area contributed by atoms with Gasteiger partial charge in [-0.15, -0.1) is 11.8 Å². The van der Waals surface area contributed by atoms with E-state index in [4.69, 9.17) is 11.6 Å². The van der Waals surface area contributed by atoms with Crippen molar-refractivity contribution in [2.24, 2.45) is 0 Å². The molecule has 1 aliphatic rings. The van der Waals surface area contributed by atoms with Crippen molar-refractivity contribution < 1.29 is 9.59 Å². The van der Waals surface area contributed by atoms with Gasteiger partial charge in [0.05, 0.1) is 5.88 Å².